The summed E-state index contributed by atoms with van der Waals surface area (Å²) in [5.74, 6) is 1.56. The highest BCUT2D eigenvalue weighted by atomic mass is 16.4. The molecule has 0 aliphatic heterocycles. The highest BCUT2D eigenvalue weighted by Crippen LogP contribution is 2.22. The molecule has 2 atom stereocenters. The summed E-state index contributed by atoms with van der Waals surface area (Å²) in [6, 6.07) is 4.22. The monoisotopic (exact) mass is 301 g/mol. The molecule has 0 unspecified atom stereocenters. The molecule has 7 nitrogen and oxygen atoms in total. The Morgan fingerprint density at radius 1 is 1.32 bits per heavy atom. The van der Waals surface area contributed by atoms with Crippen LogP contribution in [0.2, 0.25) is 0 Å². The van der Waals surface area contributed by atoms with Crippen molar-refractivity contribution >= 4 is 0 Å². The number of nitrogens with zero attached hydrogens (tertiary/aromatic N) is 4. The van der Waals surface area contributed by atoms with Crippen molar-refractivity contribution in [2.24, 2.45) is 0 Å². The molecule has 0 aliphatic rings. The van der Waals surface area contributed by atoms with Crippen LogP contribution < -0.4 is 5.32 Å². The van der Waals surface area contributed by atoms with Gasteiger partial charge in [-0.2, -0.15) is 5.10 Å². The van der Waals surface area contributed by atoms with Gasteiger partial charge in [-0.25, -0.2) is 0 Å². The zero-order valence-electron chi connectivity index (χ0n) is 12.9. The third kappa shape index (κ3) is 2.94. The number of hydrogen-bond donors (Lipinski definition) is 1. The van der Waals surface area contributed by atoms with Gasteiger partial charge in [0, 0.05) is 24.0 Å². The van der Waals surface area contributed by atoms with E-state index >= 15 is 0 Å². The minimum absolute atomic E-state index is 0.209. The van der Waals surface area contributed by atoms with E-state index in [9.17, 15) is 0 Å². The van der Waals surface area contributed by atoms with Crippen LogP contribution in [0, 0.1) is 6.92 Å². The van der Waals surface area contributed by atoms with Crippen LogP contribution in [0.15, 0.2) is 39.6 Å². The van der Waals surface area contributed by atoms with E-state index in [-0.39, 0.29) is 12.1 Å². The normalized spacial score (nSPS) is 14.1. The van der Waals surface area contributed by atoms with Gasteiger partial charge >= 0.3 is 0 Å². The van der Waals surface area contributed by atoms with Gasteiger partial charge in [0.1, 0.15) is 0 Å². The first kappa shape index (κ1) is 14.5. The first-order valence-corrected chi connectivity index (χ1v) is 7.24. The molecular weight excluding hydrogens is 282 g/mol. The Kier molecular flexibility index (Phi) is 4.06. The number of rotatable bonds is 6. The fraction of sp³-hybridized carbons (Fsp3) is 0.400. The first-order valence-electron chi connectivity index (χ1n) is 7.24. The molecule has 7 heteroatoms. The lowest BCUT2D eigenvalue weighted by Gasteiger charge is -2.20. The topological polar surface area (TPSA) is 81.9 Å². The Balaban J connectivity index is 1.60. The van der Waals surface area contributed by atoms with Crippen LogP contribution in [0.1, 0.15) is 31.3 Å². The molecule has 0 aromatic carbocycles. The molecule has 3 heterocycles. The van der Waals surface area contributed by atoms with Crippen molar-refractivity contribution < 1.29 is 8.83 Å². The van der Waals surface area contributed by atoms with E-state index in [0.717, 1.165) is 5.56 Å². The van der Waals surface area contributed by atoms with Crippen LogP contribution in [0.5, 0.6) is 0 Å². The maximum absolute atomic E-state index is 5.63. The summed E-state index contributed by atoms with van der Waals surface area (Å²) in [6.45, 7) is 6.64. The zero-order chi connectivity index (χ0) is 15.5. The molecule has 1 N–H and O–H groups in total. The molecular formula is C15H19N5O2. The Morgan fingerprint density at radius 3 is 2.86 bits per heavy atom. The van der Waals surface area contributed by atoms with Gasteiger partial charge in [0.05, 0.1) is 18.8 Å². The Bertz CT molecular complexity index is 716. The molecule has 22 heavy (non-hydrogen) atoms. The average molecular weight is 301 g/mol. The Morgan fingerprint density at radius 2 is 2.18 bits per heavy atom. The van der Waals surface area contributed by atoms with Crippen LogP contribution in [-0.4, -0.2) is 26.0 Å². The molecule has 0 amide bonds. The van der Waals surface area contributed by atoms with Crippen LogP contribution in [0.25, 0.3) is 11.7 Å². The molecule has 3 rings (SSSR count). The van der Waals surface area contributed by atoms with E-state index in [1.807, 2.05) is 29.9 Å². The van der Waals surface area contributed by atoms with Crippen molar-refractivity contribution in [3.8, 4) is 11.7 Å². The Hall–Kier alpha value is -2.41. The summed E-state index contributed by atoms with van der Waals surface area (Å²) in [4.78, 5) is 0. The van der Waals surface area contributed by atoms with Crippen LogP contribution in [-0.2, 0) is 6.54 Å². The van der Waals surface area contributed by atoms with Crippen molar-refractivity contribution in [1.82, 2.24) is 25.3 Å². The lowest BCUT2D eigenvalue weighted by Crippen LogP contribution is -2.33. The van der Waals surface area contributed by atoms with Gasteiger partial charge in [-0.05, 0) is 32.9 Å². The van der Waals surface area contributed by atoms with Crippen molar-refractivity contribution in [3.63, 3.8) is 0 Å². The fourth-order valence-electron chi connectivity index (χ4n) is 2.18. The van der Waals surface area contributed by atoms with E-state index in [4.69, 9.17) is 8.83 Å². The summed E-state index contributed by atoms with van der Waals surface area (Å²) in [5.41, 5.74) is 0.976. The van der Waals surface area contributed by atoms with Crippen LogP contribution in [0.4, 0.5) is 0 Å². The highest BCUT2D eigenvalue weighted by Gasteiger charge is 2.17. The minimum Gasteiger partial charge on any atom is -0.459 e. The SMILES string of the molecule is Cc1ccoc1-c1nnc(CN[C@@H](C)[C@H](C)n2cccn2)o1. The molecule has 3 aromatic heterocycles. The molecule has 0 radical (unpaired) electrons. The van der Waals surface area contributed by atoms with Crippen molar-refractivity contribution in [2.75, 3.05) is 0 Å². The third-order valence-corrected chi connectivity index (χ3v) is 3.76. The van der Waals surface area contributed by atoms with Gasteiger partial charge in [-0.15, -0.1) is 10.2 Å². The van der Waals surface area contributed by atoms with E-state index in [1.165, 1.54) is 0 Å². The summed E-state index contributed by atoms with van der Waals surface area (Å²) in [5, 5.41) is 15.7. The van der Waals surface area contributed by atoms with E-state index in [2.05, 4.69) is 34.5 Å². The number of hydrogen-bond acceptors (Lipinski definition) is 6. The minimum atomic E-state index is 0.209. The highest BCUT2D eigenvalue weighted by molar-refractivity contribution is 5.49. The number of aromatic nitrogens is 4. The molecule has 0 spiro atoms. The maximum atomic E-state index is 5.63. The molecule has 3 aromatic rings. The van der Waals surface area contributed by atoms with Crippen molar-refractivity contribution in [2.45, 2.75) is 39.4 Å². The maximum Gasteiger partial charge on any atom is 0.283 e. The van der Waals surface area contributed by atoms with Gasteiger partial charge in [0.2, 0.25) is 5.89 Å². The largest absolute Gasteiger partial charge is 0.459 e. The van der Waals surface area contributed by atoms with E-state index in [1.54, 1.807) is 12.5 Å². The summed E-state index contributed by atoms with van der Waals surface area (Å²) in [6.07, 6.45) is 5.34. The zero-order valence-corrected chi connectivity index (χ0v) is 12.9. The quantitative estimate of drug-likeness (QED) is 0.753. The second kappa shape index (κ2) is 6.15. The smallest absolute Gasteiger partial charge is 0.283 e. The summed E-state index contributed by atoms with van der Waals surface area (Å²) in [7, 11) is 0. The molecule has 0 saturated carbocycles. The van der Waals surface area contributed by atoms with E-state index in [0.29, 0.717) is 24.1 Å². The van der Waals surface area contributed by atoms with Crippen LogP contribution >= 0.6 is 0 Å². The molecule has 116 valence electrons. The molecule has 0 aliphatic carbocycles. The molecule has 0 saturated heterocycles. The van der Waals surface area contributed by atoms with Gasteiger partial charge in [0.25, 0.3) is 5.89 Å². The second-order valence-corrected chi connectivity index (χ2v) is 5.33. The second-order valence-electron chi connectivity index (χ2n) is 5.33. The first-order chi connectivity index (χ1) is 10.6. The van der Waals surface area contributed by atoms with Gasteiger partial charge in [-0.1, -0.05) is 0 Å². The molecule has 0 fully saturated rings. The van der Waals surface area contributed by atoms with Gasteiger partial charge < -0.3 is 14.2 Å². The van der Waals surface area contributed by atoms with Crippen molar-refractivity contribution in [3.05, 3.63) is 42.2 Å². The summed E-state index contributed by atoms with van der Waals surface area (Å²) < 4.78 is 12.9. The van der Waals surface area contributed by atoms with Gasteiger partial charge in [-0.3, -0.25) is 4.68 Å². The van der Waals surface area contributed by atoms with E-state index < -0.39 is 0 Å². The van der Waals surface area contributed by atoms with Crippen LogP contribution in [0.3, 0.4) is 0 Å². The number of furan rings is 1. The predicted molar refractivity (Wildman–Crippen MR) is 80.0 cm³/mol. The lowest BCUT2D eigenvalue weighted by molar-refractivity contribution is 0.348. The number of aryl methyl sites for hydroxylation is 1. The standard InChI is InChI=1S/C15H19N5O2/c1-10-5-8-21-14(10)15-19-18-13(22-15)9-16-11(2)12(3)20-7-4-6-17-20/h4-8,11-12,16H,9H2,1-3H3/t11-,12-/m0/s1. The Labute approximate surface area is 128 Å². The lowest BCUT2D eigenvalue weighted by atomic mass is 10.2. The van der Waals surface area contributed by atoms with Crippen molar-refractivity contribution in [1.29, 1.82) is 0 Å². The average Bonchev–Trinajstić information content (AvgIpc) is 3.24. The third-order valence-electron chi connectivity index (χ3n) is 3.76. The predicted octanol–water partition coefficient (Wildman–Crippen LogP) is 2.57. The fourth-order valence-corrected chi connectivity index (χ4v) is 2.18. The molecule has 0 bridgehead atoms. The number of nitrogens with one attached hydrogen (secondary N) is 1. The van der Waals surface area contributed by atoms with Gasteiger partial charge in [0.15, 0.2) is 5.76 Å². The summed E-state index contributed by atoms with van der Waals surface area (Å²) >= 11 is 0.